The Hall–Kier alpha value is -2.45. The highest BCUT2D eigenvalue weighted by molar-refractivity contribution is 6.01. The first kappa shape index (κ1) is 14.9. The molecule has 2 rings (SSSR count). The fourth-order valence-electron chi connectivity index (χ4n) is 1.97. The van der Waals surface area contributed by atoms with Crippen LogP contribution in [-0.2, 0) is 9.53 Å². The second-order valence-corrected chi connectivity index (χ2v) is 4.47. The maximum atomic E-state index is 11.1. The van der Waals surface area contributed by atoms with Gasteiger partial charge in [0.25, 0.3) is 0 Å². The first-order valence-corrected chi connectivity index (χ1v) is 6.08. The van der Waals surface area contributed by atoms with Crippen LogP contribution in [0.15, 0.2) is 18.2 Å². The van der Waals surface area contributed by atoms with E-state index in [9.17, 15) is 19.8 Å². The molecule has 0 radical (unpaired) electrons. The number of hydrogen-bond acceptors (Lipinski definition) is 6. The number of carbonyl (C=O) groups excluding carboxylic acids is 1. The molecule has 0 saturated heterocycles. The van der Waals surface area contributed by atoms with E-state index in [1.54, 1.807) is 0 Å². The van der Waals surface area contributed by atoms with E-state index in [1.807, 2.05) is 0 Å². The lowest BCUT2D eigenvalue weighted by molar-refractivity contribution is -0.144. The van der Waals surface area contributed by atoms with E-state index >= 15 is 0 Å². The third-order valence-corrected chi connectivity index (χ3v) is 3.10. The van der Waals surface area contributed by atoms with E-state index in [2.05, 4.69) is 14.9 Å². The Labute approximate surface area is 119 Å². The van der Waals surface area contributed by atoms with Gasteiger partial charge in [0.2, 0.25) is 0 Å². The topological polar surface area (TPSA) is 133 Å². The average Bonchev–Trinajstić information content (AvgIpc) is 2.89. The van der Waals surface area contributed by atoms with Gasteiger partial charge >= 0.3 is 11.9 Å². The van der Waals surface area contributed by atoms with Crippen molar-refractivity contribution in [2.75, 3.05) is 7.11 Å². The number of aromatic nitrogens is 2. The van der Waals surface area contributed by atoms with Crippen LogP contribution in [0.4, 0.5) is 0 Å². The van der Waals surface area contributed by atoms with E-state index in [1.165, 1.54) is 25.3 Å². The number of esters is 1. The van der Waals surface area contributed by atoms with Crippen molar-refractivity contribution in [1.82, 2.24) is 10.2 Å². The van der Waals surface area contributed by atoms with Gasteiger partial charge in [0.05, 0.1) is 25.2 Å². The Kier molecular flexibility index (Phi) is 4.20. The minimum atomic E-state index is -1.35. The average molecular weight is 294 g/mol. The van der Waals surface area contributed by atoms with Crippen LogP contribution < -0.4 is 0 Å². The van der Waals surface area contributed by atoms with Gasteiger partial charge in [-0.2, -0.15) is 5.10 Å². The fourth-order valence-corrected chi connectivity index (χ4v) is 1.97. The molecule has 1 aromatic heterocycles. The molecule has 21 heavy (non-hydrogen) atoms. The Balaban J connectivity index is 2.31. The summed E-state index contributed by atoms with van der Waals surface area (Å²) in [6.45, 7) is 0. The normalized spacial score (nSPS) is 13.9. The largest absolute Gasteiger partial charge is 0.476 e. The molecule has 0 saturated carbocycles. The maximum absolute atomic E-state index is 11.1. The van der Waals surface area contributed by atoms with Gasteiger partial charge in [-0.3, -0.25) is 9.89 Å². The van der Waals surface area contributed by atoms with Crippen LogP contribution in [0.1, 0.15) is 28.6 Å². The highest BCUT2D eigenvalue weighted by Gasteiger charge is 2.23. The zero-order valence-corrected chi connectivity index (χ0v) is 11.1. The van der Waals surface area contributed by atoms with Crippen LogP contribution in [0.25, 0.3) is 10.9 Å². The summed E-state index contributed by atoms with van der Waals surface area (Å²) in [4.78, 5) is 22.1. The number of aliphatic hydroxyl groups is 2. The molecule has 0 fully saturated rings. The summed E-state index contributed by atoms with van der Waals surface area (Å²) < 4.78 is 4.41. The highest BCUT2D eigenvalue weighted by Crippen LogP contribution is 2.24. The van der Waals surface area contributed by atoms with E-state index in [0.717, 1.165) is 0 Å². The van der Waals surface area contributed by atoms with Crippen molar-refractivity contribution in [2.45, 2.75) is 18.6 Å². The van der Waals surface area contributed by atoms with Crippen molar-refractivity contribution in [3.05, 3.63) is 29.5 Å². The smallest absolute Gasteiger partial charge is 0.357 e. The molecular formula is C13H14N2O6. The van der Waals surface area contributed by atoms with Gasteiger partial charge in [-0.1, -0.05) is 6.07 Å². The third kappa shape index (κ3) is 3.01. The number of fused-ring (bicyclic) bond motifs is 1. The third-order valence-electron chi connectivity index (χ3n) is 3.10. The molecule has 4 N–H and O–H groups in total. The number of carboxylic acids is 1. The molecular weight excluding hydrogens is 280 g/mol. The Bertz CT molecular complexity index is 680. The Morgan fingerprint density at radius 3 is 2.71 bits per heavy atom. The number of nitrogens with one attached hydrogen (secondary N) is 1. The van der Waals surface area contributed by atoms with Crippen molar-refractivity contribution in [3.8, 4) is 0 Å². The number of aromatic carboxylic acids is 1. The van der Waals surface area contributed by atoms with E-state index < -0.39 is 24.1 Å². The van der Waals surface area contributed by atoms with Crippen molar-refractivity contribution in [3.63, 3.8) is 0 Å². The van der Waals surface area contributed by atoms with Crippen LogP contribution in [0.5, 0.6) is 0 Å². The molecule has 2 aromatic rings. The lowest BCUT2D eigenvalue weighted by Crippen LogP contribution is -2.22. The fraction of sp³-hybridized carbons (Fsp3) is 0.308. The summed E-state index contributed by atoms with van der Waals surface area (Å²) in [6.07, 6.45) is -3.06. The van der Waals surface area contributed by atoms with Gasteiger partial charge in [0, 0.05) is 5.39 Å². The summed E-state index contributed by atoms with van der Waals surface area (Å²) in [5, 5.41) is 35.3. The number of carboxylic acid groups (broad SMARTS) is 1. The number of rotatable bonds is 5. The molecule has 1 heterocycles. The van der Waals surface area contributed by atoms with Crippen molar-refractivity contribution < 1.29 is 29.6 Å². The van der Waals surface area contributed by atoms with Gasteiger partial charge in [-0.25, -0.2) is 4.79 Å². The van der Waals surface area contributed by atoms with Gasteiger partial charge in [-0.05, 0) is 17.7 Å². The Morgan fingerprint density at radius 2 is 2.10 bits per heavy atom. The number of hydrogen-bond donors (Lipinski definition) is 4. The lowest BCUT2D eigenvalue weighted by atomic mass is 10.00. The summed E-state index contributed by atoms with van der Waals surface area (Å²) in [7, 11) is 1.18. The van der Waals surface area contributed by atoms with Crippen LogP contribution in [-0.4, -0.2) is 50.7 Å². The van der Waals surface area contributed by atoms with Crippen molar-refractivity contribution in [1.29, 1.82) is 0 Å². The zero-order chi connectivity index (χ0) is 15.6. The predicted molar refractivity (Wildman–Crippen MR) is 70.7 cm³/mol. The molecule has 0 aliphatic heterocycles. The van der Waals surface area contributed by atoms with Crippen LogP contribution in [0.2, 0.25) is 0 Å². The molecule has 8 heteroatoms. The number of nitrogens with zero attached hydrogens (tertiary/aromatic N) is 1. The molecule has 2 unspecified atom stereocenters. The van der Waals surface area contributed by atoms with E-state index in [0.29, 0.717) is 10.9 Å². The molecule has 0 amide bonds. The summed E-state index contributed by atoms with van der Waals surface area (Å²) in [5.74, 6) is -1.86. The van der Waals surface area contributed by atoms with Crippen molar-refractivity contribution in [2.24, 2.45) is 0 Å². The monoisotopic (exact) mass is 294 g/mol. The van der Waals surface area contributed by atoms with Gasteiger partial charge < -0.3 is 20.1 Å². The standard InChI is InChI=1S/C13H14N2O6/c1-21-10(17)5-9(16)12(18)6-2-3-8-7(4-6)11(13(19)20)15-14-8/h2-4,9,12,16,18H,5H2,1H3,(H,14,15)(H,19,20). The number of benzene rings is 1. The number of carbonyl (C=O) groups is 2. The lowest BCUT2D eigenvalue weighted by Gasteiger charge is -2.17. The Morgan fingerprint density at radius 1 is 1.38 bits per heavy atom. The second-order valence-electron chi connectivity index (χ2n) is 4.47. The first-order valence-electron chi connectivity index (χ1n) is 6.08. The first-order chi connectivity index (χ1) is 9.93. The molecule has 0 bridgehead atoms. The van der Waals surface area contributed by atoms with E-state index in [4.69, 9.17) is 5.11 Å². The predicted octanol–water partition coefficient (Wildman–Crippen LogP) is 0.219. The summed E-state index contributed by atoms with van der Waals surface area (Å²) in [6, 6.07) is 4.46. The minimum absolute atomic E-state index is 0.179. The number of aliphatic hydroxyl groups excluding tert-OH is 2. The summed E-state index contributed by atoms with van der Waals surface area (Å²) >= 11 is 0. The molecule has 0 aliphatic carbocycles. The second kappa shape index (κ2) is 5.90. The zero-order valence-electron chi connectivity index (χ0n) is 11.1. The molecule has 1 aromatic carbocycles. The minimum Gasteiger partial charge on any atom is -0.476 e. The van der Waals surface area contributed by atoms with Gasteiger partial charge in [0.1, 0.15) is 6.10 Å². The quantitative estimate of drug-likeness (QED) is 0.580. The highest BCUT2D eigenvalue weighted by atomic mass is 16.5. The molecule has 0 spiro atoms. The molecule has 2 atom stereocenters. The number of ether oxygens (including phenoxy) is 1. The molecule has 112 valence electrons. The van der Waals surface area contributed by atoms with Crippen LogP contribution in [0.3, 0.4) is 0 Å². The molecule has 8 nitrogen and oxygen atoms in total. The number of methoxy groups -OCH3 is 1. The summed E-state index contributed by atoms with van der Waals surface area (Å²) in [5.41, 5.74) is 0.593. The maximum Gasteiger partial charge on any atom is 0.357 e. The van der Waals surface area contributed by atoms with Gasteiger partial charge in [0.15, 0.2) is 5.69 Å². The number of H-pyrrole nitrogens is 1. The van der Waals surface area contributed by atoms with Crippen LogP contribution >= 0.6 is 0 Å². The number of aromatic amines is 1. The van der Waals surface area contributed by atoms with Crippen molar-refractivity contribution >= 4 is 22.8 Å². The van der Waals surface area contributed by atoms with Gasteiger partial charge in [-0.15, -0.1) is 0 Å². The SMILES string of the molecule is COC(=O)CC(O)C(O)c1ccc2[nH]nc(C(=O)O)c2c1. The molecule has 0 aliphatic rings. The van der Waals surface area contributed by atoms with Crippen LogP contribution in [0, 0.1) is 0 Å². The van der Waals surface area contributed by atoms with E-state index in [-0.39, 0.29) is 17.7 Å².